The van der Waals surface area contributed by atoms with E-state index in [0.29, 0.717) is 6.54 Å². The van der Waals surface area contributed by atoms with Gasteiger partial charge in [0, 0.05) is 12.1 Å². The third-order valence-corrected chi connectivity index (χ3v) is 2.32. The molecule has 0 aromatic heterocycles. The Morgan fingerprint density at radius 2 is 2.07 bits per heavy atom. The Kier molecular flexibility index (Phi) is 2.31. The Labute approximate surface area is 83.1 Å². The van der Waals surface area contributed by atoms with Crippen molar-refractivity contribution in [3.05, 3.63) is 35.9 Å². The number of amides is 1. The van der Waals surface area contributed by atoms with Gasteiger partial charge in [0.1, 0.15) is 5.84 Å². The van der Waals surface area contributed by atoms with Crippen molar-refractivity contribution < 1.29 is 4.79 Å². The summed E-state index contributed by atoms with van der Waals surface area (Å²) in [5.74, 6) is 0.864. The van der Waals surface area contributed by atoms with Crippen LogP contribution in [0, 0.1) is 0 Å². The first-order valence-electron chi connectivity index (χ1n) is 4.67. The largest absolute Gasteiger partial charge is 0.295 e. The Morgan fingerprint density at radius 1 is 1.36 bits per heavy atom. The predicted octanol–water partition coefficient (Wildman–Crippen LogP) is 1.56. The molecule has 2 rings (SSSR count). The van der Waals surface area contributed by atoms with Crippen molar-refractivity contribution in [3.8, 4) is 0 Å². The SMILES string of the molecule is CC1=NCCN1C(=O)c1ccccc1. The van der Waals surface area contributed by atoms with Crippen molar-refractivity contribution in [2.24, 2.45) is 4.99 Å². The quantitative estimate of drug-likeness (QED) is 0.658. The van der Waals surface area contributed by atoms with Crippen molar-refractivity contribution in [1.82, 2.24) is 4.90 Å². The number of rotatable bonds is 1. The minimum absolute atomic E-state index is 0.0457. The Balaban J connectivity index is 2.21. The summed E-state index contributed by atoms with van der Waals surface area (Å²) in [7, 11) is 0. The zero-order chi connectivity index (χ0) is 9.97. The van der Waals surface area contributed by atoms with E-state index in [1.54, 1.807) is 4.90 Å². The molecule has 0 saturated heterocycles. The maximum atomic E-state index is 11.9. The number of hydrogen-bond acceptors (Lipinski definition) is 2. The van der Waals surface area contributed by atoms with Crippen LogP contribution in [0.15, 0.2) is 35.3 Å². The van der Waals surface area contributed by atoms with Gasteiger partial charge in [-0.05, 0) is 19.1 Å². The number of benzene rings is 1. The van der Waals surface area contributed by atoms with Crippen LogP contribution >= 0.6 is 0 Å². The van der Waals surface area contributed by atoms with Gasteiger partial charge in [-0.15, -0.1) is 0 Å². The van der Waals surface area contributed by atoms with E-state index in [0.717, 1.165) is 17.9 Å². The van der Waals surface area contributed by atoms with Crippen molar-refractivity contribution in [1.29, 1.82) is 0 Å². The Bertz CT molecular complexity index is 370. The fourth-order valence-electron chi connectivity index (χ4n) is 1.54. The number of carbonyl (C=O) groups is 1. The highest BCUT2D eigenvalue weighted by atomic mass is 16.2. The lowest BCUT2D eigenvalue weighted by molar-refractivity contribution is 0.0857. The standard InChI is InChI=1S/C11H12N2O/c1-9-12-7-8-13(9)11(14)10-5-3-2-4-6-10/h2-6H,7-8H2,1H3. The Hall–Kier alpha value is -1.64. The molecule has 0 unspecified atom stereocenters. The highest BCUT2D eigenvalue weighted by Gasteiger charge is 2.20. The van der Waals surface area contributed by atoms with Gasteiger partial charge >= 0.3 is 0 Å². The summed E-state index contributed by atoms with van der Waals surface area (Å²) in [6, 6.07) is 9.30. The molecule has 0 radical (unpaired) electrons. The number of hydrogen-bond donors (Lipinski definition) is 0. The minimum atomic E-state index is 0.0457. The molecule has 0 bridgehead atoms. The topological polar surface area (TPSA) is 32.7 Å². The lowest BCUT2D eigenvalue weighted by Crippen LogP contribution is -2.32. The van der Waals surface area contributed by atoms with Gasteiger partial charge in [-0.25, -0.2) is 0 Å². The monoisotopic (exact) mass is 188 g/mol. The van der Waals surface area contributed by atoms with Crippen molar-refractivity contribution >= 4 is 11.7 Å². The summed E-state index contributed by atoms with van der Waals surface area (Å²) in [6.45, 7) is 3.30. The zero-order valence-electron chi connectivity index (χ0n) is 8.10. The van der Waals surface area contributed by atoms with Crippen LogP contribution in [-0.2, 0) is 0 Å². The van der Waals surface area contributed by atoms with E-state index in [9.17, 15) is 4.79 Å². The van der Waals surface area contributed by atoms with Gasteiger partial charge in [0.05, 0.1) is 6.54 Å². The molecule has 1 aliphatic heterocycles. The molecule has 3 nitrogen and oxygen atoms in total. The van der Waals surface area contributed by atoms with Crippen LogP contribution in [0.3, 0.4) is 0 Å². The highest BCUT2D eigenvalue weighted by molar-refractivity contribution is 6.06. The van der Waals surface area contributed by atoms with Crippen molar-refractivity contribution in [3.63, 3.8) is 0 Å². The molecule has 0 N–H and O–H groups in total. The first-order valence-corrected chi connectivity index (χ1v) is 4.67. The molecule has 1 aliphatic rings. The molecule has 14 heavy (non-hydrogen) atoms. The molecule has 3 heteroatoms. The smallest absolute Gasteiger partial charge is 0.259 e. The summed E-state index contributed by atoms with van der Waals surface area (Å²) >= 11 is 0. The van der Waals surface area contributed by atoms with Crippen LogP contribution in [0.5, 0.6) is 0 Å². The second kappa shape index (κ2) is 3.62. The number of nitrogens with zero attached hydrogens (tertiary/aromatic N) is 2. The fourth-order valence-corrected chi connectivity index (χ4v) is 1.54. The summed E-state index contributed by atoms with van der Waals surface area (Å²) in [5, 5.41) is 0. The van der Waals surface area contributed by atoms with E-state index in [1.807, 2.05) is 37.3 Å². The molecule has 0 atom stereocenters. The molecule has 1 aromatic rings. The van der Waals surface area contributed by atoms with E-state index in [-0.39, 0.29) is 5.91 Å². The molecule has 0 fully saturated rings. The maximum Gasteiger partial charge on any atom is 0.259 e. The molecule has 0 aliphatic carbocycles. The molecule has 72 valence electrons. The van der Waals surface area contributed by atoms with Crippen LogP contribution in [0.25, 0.3) is 0 Å². The third-order valence-electron chi connectivity index (χ3n) is 2.32. The second-order valence-corrected chi connectivity index (χ2v) is 3.25. The first-order chi connectivity index (χ1) is 6.79. The lowest BCUT2D eigenvalue weighted by atomic mass is 10.2. The van der Waals surface area contributed by atoms with Crippen molar-refractivity contribution in [2.75, 3.05) is 13.1 Å². The van der Waals surface area contributed by atoms with Gasteiger partial charge in [-0.2, -0.15) is 0 Å². The van der Waals surface area contributed by atoms with E-state index in [1.165, 1.54) is 0 Å². The molecular formula is C11H12N2O. The number of amidine groups is 1. The van der Waals surface area contributed by atoms with E-state index < -0.39 is 0 Å². The Morgan fingerprint density at radius 3 is 2.64 bits per heavy atom. The molecule has 1 amide bonds. The average Bonchev–Trinajstić information content (AvgIpc) is 2.65. The molecule has 0 saturated carbocycles. The molecule has 1 aromatic carbocycles. The summed E-state index contributed by atoms with van der Waals surface area (Å²) in [5.41, 5.74) is 0.726. The number of aliphatic imine (C=N–C) groups is 1. The van der Waals surface area contributed by atoms with Gasteiger partial charge in [-0.3, -0.25) is 14.7 Å². The van der Waals surface area contributed by atoms with Gasteiger partial charge in [0.15, 0.2) is 0 Å². The van der Waals surface area contributed by atoms with Crippen molar-refractivity contribution in [2.45, 2.75) is 6.92 Å². The van der Waals surface area contributed by atoms with Gasteiger partial charge in [-0.1, -0.05) is 18.2 Å². The number of carbonyl (C=O) groups excluding carboxylic acids is 1. The lowest BCUT2D eigenvalue weighted by Gasteiger charge is -2.15. The van der Waals surface area contributed by atoms with Crippen LogP contribution in [-0.4, -0.2) is 29.7 Å². The van der Waals surface area contributed by atoms with E-state index in [4.69, 9.17) is 0 Å². The van der Waals surface area contributed by atoms with Gasteiger partial charge in [0.2, 0.25) is 0 Å². The fraction of sp³-hybridized carbons (Fsp3) is 0.273. The van der Waals surface area contributed by atoms with Crippen LogP contribution in [0.4, 0.5) is 0 Å². The minimum Gasteiger partial charge on any atom is -0.295 e. The molecule has 0 spiro atoms. The molecular weight excluding hydrogens is 176 g/mol. The maximum absolute atomic E-state index is 11.9. The van der Waals surface area contributed by atoms with Gasteiger partial charge in [0.25, 0.3) is 5.91 Å². The summed E-state index contributed by atoms with van der Waals surface area (Å²) in [6.07, 6.45) is 0. The van der Waals surface area contributed by atoms with Crippen LogP contribution in [0.1, 0.15) is 17.3 Å². The van der Waals surface area contributed by atoms with Crippen LogP contribution < -0.4 is 0 Å². The molecule has 1 heterocycles. The van der Waals surface area contributed by atoms with Crippen LogP contribution in [0.2, 0.25) is 0 Å². The predicted molar refractivity (Wildman–Crippen MR) is 55.5 cm³/mol. The third kappa shape index (κ3) is 1.53. The summed E-state index contributed by atoms with van der Waals surface area (Å²) < 4.78 is 0. The first kappa shape index (κ1) is 8.94. The second-order valence-electron chi connectivity index (χ2n) is 3.25. The van der Waals surface area contributed by atoms with E-state index >= 15 is 0 Å². The van der Waals surface area contributed by atoms with Gasteiger partial charge < -0.3 is 0 Å². The highest BCUT2D eigenvalue weighted by Crippen LogP contribution is 2.08. The average molecular weight is 188 g/mol. The normalized spacial score (nSPS) is 15.5. The zero-order valence-corrected chi connectivity index (χ0v) is 8.10. The summed E-state index contributed by atoms with van der Waals surface area (Å²) in [4.78, 5) is 17.8. The van der Waals surface area contributed by atoms with E-state index in [2.05, 4.69) is 4.99 Å².